The Morgan fingerprint density at radius 1 is 1.34 bits per heavy atom. The lowest BCUT2D eigenvalue weighted by Gasteiger charge is -2.32. The molecular formula is C21H35IN4O3. The molecule has 0 aliphatic carbocycles. The Balaban J connectivity index is 0.00000420. The van der Waals surface area contributed by atoms with Crippen molar-refractivity contribution in [2.75, 3.05) is 46.5 Å². The number of aliphatic hydroxyl groups is 1. The quantitative estimate of drug-likeness (QED) is 0.191. The molecule has 0 aromatic heterocycles. The predicted molar refractivity (Wildman–Crippen MR) is 129 cm³/mol. The average Bonchev–Trinajstić information content (AvgIpc) is 2.72. The minimum Gasteiger partial charge on any atom is -0.493 e. The lowest BCUT2D eigenvalue weighted by Crippen LogP contribution is -2.48. The number of likely N-dealkylation sites (tertiary alicyclic amines) is 1. The molecule has 1 aliphatic rings. The first-order chi connectivity index (χ1) is 13.7. The third-order valence-electron chi connectivity index (χ3n) is 4.66. The first kappa shape index (κ1) is 25.5. The molecule has 29 heavy (non-hydrogen) atoms. The summed E-state index contributed by atoms with van der Waals surface area (Å²) in [5.74, 6) is 2.11. The number of aliphatic imine (C=N–C) groups is 1. The Kier molecular flexibility index (Phi) is 12.7. The SMILES string of the molecule is C=CCN1CCC(NC(=NCc2ccc(OCCO)c(OC)c2)NCC)CC1.I. The highest BCUT2D eigenvalue weighted by Crippen LogP contribution is 2.28. The van der Waals surface area contributed by atoms with Gasteiger partial charge < -0.3 is 25.2 Å². The summed E-state index contributed by atoms with van der Waals surface area (Å²) < 4.78 is 10.9. The van der Waals surface area contributed by atoms with Gasteiger partial charge in [0.25, 0.3) is 0 Å². The molecule has 1 heterocycles. The van der Waals surface area contributed by atoms with Gasteiger partial charge in [-0.1, -0.05) is 12.1 Å². The molecule has 0 spiro atoms. The molecule has 1 aromatic carbocycles. The summed E-state index contributed by atoms with van der Waals surface area (Å²) in [6, 6.07) is 6.18. The second-order valence-corrected chi connectivity index (χ2v) is 6.76. The highest BCUT2D eigenvalue weighted by atomic mass is 127. The van der Waals surface area contributed by atoms with E-state index in [2.05, 4.69) is 29.0 Å². The Bertz CT molecular complexity index is 634. The number of guanidine groups is 1. The second kappa shape index (κ2) is 14.5. The summed E-state index contributed by atoms with van der Waals surface area (Å²) in [5, 5.41) is 15.8. The molecule has 1 aromatic rings. The fourth-order valence-electron chi connectivity index (χ4n) is 3.21. The van der Waals surface area contributed by atoms with Gasteiger partial charge in [-0.2, -0.15) is 0 Å². The van der Waals surface area contributed by atoms with E-state index in [-0.39, 0.29) is 37.2 Å². The second-order valence-electron chi connectivity index (χ2n) is 6.76. The van der Waals surface area contributed by atoms with Crippen molar-refractivity contribution in [2.24, 2.45) is 4.99 Å². The number of hydrogen-bond donors (Lipinski definition) is 3. The first-order valence-electron chi connectivity index (χ1n) is 9.98. The normalized spacial score (nSPS) is 15.3. The summed E-state index contributed by atoms with van der Waals surface area (Å²) in [6.07, 6.45) is 4.17. The van der Waals surface area contributed by atoms with Crippen LogP contribution >= 0.6 is 24.0 Å². The topological polar surface area (TPSA) is 78.4 Å². The van der Waals surface area contributed by atoms with Crippen LogP contribution in [0.4, 0.5) is 0 Å². The molecule has 0 saturated carbocycles. The minimum absolute atomic E-state index is 0. The number of methoxy groups -OCH3 is 1. The van der Waals surface area contributed by atoms with Gasteiger partial charge in [0.1, 0.15) is 6.61 Å². The van der Waals surface area contributed by atoms with E-state index >= 15 is 0 Å². The van der Waals surface area contributed by atoms with E-state index in [4.69, 9.17) is 19.6 Å². The smallest absolute Gasteiger partial charge is 0.191 e. The van der Waals surface area contributed by atoms with Crippen LogP contribution in [0.1, 0.15) is 25.3 Å². The summed E-state index contributed by atoms with van der Waals surface area (Å²) in [5.41, 5.74) is 1.03. The summed E-state index contributed by atoms with van der Waals surface area (Å²) in [7, 11) is 1.61. The molecule has 3 N–H and O–H groups in total. The Morgan fingerprint density at radius 2 is 2.10 bits per heavy atom. The standard InChI is InChI=1S/C21H34N4O3.HI/c1-4-10-25-11-8-18(9-12-25)24-21(22-5-2)23-16-17-6-7-19(28-14-13-26)20(15-17)27-3;/h4,6-7,15,18,26H,1,5,8-14,16H2,2-3H3,(H2,22,23,24);1H. The monoisotopic (exact) mass is 518 g/mol. The van der Waals surface area contributed by atoms with Gasteiger partial charge >= 0.3 is 0 Å². The van der Waals surface area contributed by atoms with E-state index in [1.165, 1.54) is 0 Å². The van der Waals surface area contributed by atoms with Crippen LogP contribution in [0.3, 0.4) is 0 Å². The summed E-state index contributed by atoms with van der Waals surface area (Å²) in [6.45, 7) is 10.6. The van der Waals surface area contributed by atoms with Crippen molar-refractivity contribution in [3.63, 3.8) is 0 Å². The fraction of sp³-hybridized carbons (Fsp3) is 0.571. The molecule has 7 nitrogen and oxygen atoms in total. The molecule has 164 valence electrons. The molecule has 0 bridgehead atoms. The van der Waals surface area contributed by atoms with Crippen molar-refractivity contribution >= 4 is 29.9 Å². The van der Waals surface area contributed by atoms with Crippen LogP contribution in [-0.4, -0.2) is 68.5 Å². The Labute approximate surface area is 191 Å². The van der Waals surface area contributed by atoms with Crippen LogP contribution in [0.15, 0.2) is 35.8 Å². The van der Waals surface area contributed by atoms with Crippen molar-refractivity contribution in [3.8, 4) is 11.5 Å². The third kappa shape index (κ3) is 8.79. The molecule has 8 heteroatoms. The van der Waals surface area contributed by atoms with E-state index in [9.17, 15) is 0 Å². The summed E-state index contributed by atoms with van der Waals surface area (Å²) in [4.78, 5) is 7.15. The minimum atomic E-state index is -0.0283. The maximum absolute atomic E-state index is 8.91. The van der Waals surface area contributed by atoms with Gasteiger partial charge in [-0.15, -0.1) is 30.6 Å². The van der Waals surface area contributed by atoms with Gasteiger partial charge in [-0.25, -0.2) is 4.99 Å². The maximum atomic E-state index is 8.91. The number of hydrogen-bond acceptors (Lipinski definition) is 5. The van der Waals surface area contributed by atoms with Gasteiger partial charge in [-0.3, -0.25) is 4.90 Å². The number of rotatable bonds is 10. The molecule has 0 amide bonds. The number of benzene rings is 1. The van der Waals surface area contributed by atoms with Crippen LogP contribution < -0.4 is 20.1 Å². The van der Waals surface area contributed by atoms with Gasteiger partial charge in [0.05, 0.1) is 20.3 Å². The van der Waals surface area contributed by atoms with Crippen molar-refractivity contribution in [1.82, 2.24) is 15.5 Å². The van der Waals surface area contributed by atoms with Crippen LogP contribution in [0.5, 0.6) is 11.5 Å². The van der Waals surface area contributed by atoms with Crippen LogP contribution in [0.25, 0.3) is 0 Å². The molecule has 2 rings (SSSR count). The lowest BCUT2D eigenvalue weighted by molar-refractivity contribution is 0.196. The van der Waals surface area contributed by atoms with Gasteiger partial charge in [-0.05, 0) is 37.5 Å². The Morgan fingerprint density at radius 3 is 2.72 bits per heavy atom. The largest absolute Gasteiger partial charge is 0.493 e. The number of ether oxygens (including phenoxy) is 2. The number of nitrogens with one attached hydrogen (secondary N) is 2. The molecule has 1 saturated heterocycles. The van der Waals surface area contributed by atoms with E-state index in [1.807, 2.05) is 24.3 Å². The van der Waals surface area contributed by atoms with Crippen molar-refractivity contribution in [3.05, 3.63) is 36.4 Å². The number of aliphatic hydroxyl groups excluding tert-OH is 1. The van der Waals surface area contributed by atoms with Crippen LogP contribution in [0.2, 0.25) is 0 Å². The lowest BCUT2D eigenvalue weighted by atomic mass is 10.1. The number of piperidine rings is 1. The zero-order valence-electron chi connectivity index (χ0n) is 17.5. The van der Waals surface area contributed by atoms with Gasteiger partial charge in [0, 0.05) is 32.2 Å². The highest BCUT2D eigenvalue weighted by molar-refractivity contribution is 14.0. The third-order valence-corrected chi connectivity index (χ3v) is 4.66. The Hall–Kier alpha value is -1.52. The van der Waals surface area contributed by atoms with Gasteiger partial charge in [0.15, 0.2) is 17.5 Å². The van der Waals surface area contributed by atoms with E-state index in [1.54, 1.807) is 7.11 Å². The van der Waals surface area contributed by atoms with Crippen molar-refractivity contribution in [1.29, 1.82) is 0 Å². The van der Waals surface area contributed by atoms with E-state index < -0.39 is 0 Å². The number of nitrogens with zero attached hydrogens (tertiary/aromatic N) is 2. The predicted octanol–water partition coefficient (Wildman–Crippen LogP) is 2.39. The van der Waals surface area contributed by atoms with E-state index in [0.717, 1.165) is 50.5 Å². The highest BCUT2D eigenvalue weighted by Gasteiger charge is 2.19. The van der Waals surface area contributed by atoms with Crippen molar-refractivity contribution < 1.29 is 14.6 Å². The molecule has 1 aliphatic heterocycles. The van der Waals surface area contributed by atoms with Crippen molar-refractivity contribution in [2.45, 2.75) is 32.4 Å². The maximum Gasteiger partial charge on any atom is 0.191 e. The molecular weight excluding hydrogens is 483 g/mol. The zero-order chi connectivity index (χ0) is 20.2. The number of halogens is 1. The van der Waals surface area contributed by atoms with E-state index in [0.29, 0.717) is 24.1 Å². The molecule has 0 atom stereocenters. The van der Waals surface area contributed by atoms with Crippen LogP contribution in [-0.2, 0) is 6.54 Å². The summed E-state index contributed by atoms with van der Waals surface area (Å²) >= 11 is 0. The average molecular weight is 518 g/mol. The molecule has 0 radical (unpaired) electrons. The molecule has 0 unspecified atom stereocenters. The first-order valence-corrected chi connectivity index (χ1v) is 9.98. The fourth-order valence-corrected chi connectivity index (χ4v) is 3.21. The zero-order valence-corrected chi connectivity index (χ0v) is 19.9. The molecule has 1 fully saturated rings. The van der Waals surface area contributed by atoms with Gasteiger partial charge in [0.2, 0.25) is 0 Å². The van der Waals surface area contributed by atoms with Crippen LogP contribution in [0, 0.1) is 0 Å².